The van der Waals surface area contributed by atoms with Gasteiger partial charge in [-0.25, -0.2) is 8.42 Å². The number of piperidine rings is 1. The van der Waals surface area contributed by atoms with Crippen LogP contribution in [0.3, 0.4) is 0 Å². The van der Waals surface area contributed by atoms with E-state index in [0.717, 1.165) is 0 Å². The molecule has 3 rings (SSSR count). The van der Waals surface area contributed by atoms with Gasteiger partial charge in [-0.3, -0.25) is 4.79 Å². The molecule has 0 aromatic heterocycles. The van der Waals surface area contributed by atoms with Gasteiger partial charge >= 0.3 is 0 Å². The van der Waals surface area contributed by atoms with E-state index in [9.17, 15) is 18.3 Å². The molecule has 0 saturated carbocycles. The molecule has 7 nitrogen and oxygen atoms in total. The number of hydrogen-bond donors (Lipinski definition) is 2. The number of hydrogen-bond acceptors (Lipinski definition) is 5. The lowest BCUT2D eigenvalue weighted by Gasteiger charge is -2.31. The van der Waals surface area contributed by atoms with Crippen molar-refractivity contribution in [3.63, 3.8) is 0 Å². The van der Waals surface area contributed by atoms with Crippen molar-refractivity contribution < 1.29 is 23.1 Å². The van der Waals surface area contributed by atoms with Crippen LogP contribution in [0.5, 0.6) is 11.5 Å². The summed E-state index contributed by atoms with van der Waals surface area (Å²) in [5.74, 6) is 0.202. The van der Waals surface area contributed by atoms with Crippen molar-refractivity contribution in [2.75, 3.05) is 19.7 Å². The minimum Gasteiger partial charge on any atom is -0.507 e. The predicted octanol–water partition coefficient (Wildman–Crippen LogP) is 2.37. The van der Waals surface area contributed by atoms with E-state index in [4.69, 9.17) is 4.74 Å². The number of rotatable bonds is 6. The minimum absolute atomic E-state index is 0.0736. The molecule has 150 valence electrons. The molecule has 0 radical (unpaired) electrons. The number of carbonyl (C=O) groups excluding carboxylic acids is 1. The molecular weight excluding hydrogens is 380 g/mol. The summed E-state index contributed by atoms with van der Waals surface area (Å²) in [5.41, 5.74) is 0.215. The molecule has 2 aromatic rings. The topological polar surface area (TPSA) is 95.9 Å². The van der Waals surface area contributed by atoms with Gasteiger partial charge in [-0.2, -0.15) is 4.31 Å². The van der Waals surface area contributed by atoms with Gasteiger partial charge in [-0.1, -0.05) is 12.1 Å². The number of amides is 1. The maximum atomic E-state index is 12.8. The normalized spacial score (nSPS) is 15.9. The Morgan fingerprint density at radius 1 is 1.14 bits per heavy atom. The molecule has 2 N–H and O–H groups in total. The Morgan fingerprint density at radius 2 is 1.79 bits per heavy atom. The molecule has 0 spiro atoms. The average molecular weight is 404 g/mol. The predicted molar refractivity (Wildman–Crippen MR) is 105 cm³/mol. The third kappa shape index (κ3) is 4.45. The number of nitrogens with zero attached hydrogens (tertiary/aromatic N) is 1. The standard InChI is InChI=1S/C20H24N2O5S/c1-2-27-16-7-9-17(10-8-16)28(25,26)22-13-11-15(12-14-22)21-20(24)18-5-3-4-6-19(18)23/h3-10,15,23H,2,11-14H2,1H3,(H,21,24). The summed E-state index contributed by atoms with van der Waals surface area (Å²) in [5, 5.41) is 12.7. The van der Waals surface area contributed by atoms with Crippen molar-refractivity contribution in [1.82, 2.24) is 9.62 Å². The van der Waals surface area contributed by atoms with Crippen LogP contribution in [-0.4, -0.2) is 49.5 Å². The van der Waals surface area contributed by atoms with Crippen LogP contribution in [0.1, 0.15) is 30.1 Å². The van der Waals surface area contributed by atoms with Crippen LogP contribution >= 0.6 is 0 Å². The van der Waals surface area contributed by atoms with Crippen LogP contribution in [0.25, 0.3) is 0 Å². The number of para-hydroxylation sites is 1. The lowest BCUT2D eigenvalue weighted by atomic mass is 10.1. The van der Waals surface area contributed by atoms with Crippen LogP contribution in [-0.2, 0) is 10.0 Å². The highest BCUT2D eigenvalue weighted by Gasteiger charge is 2.30. The zero-order valence-electron chi connectivity index (χ0n) is 15.7. The van der Waals surface area contributed by atoms with E-state index in [1.165, 1.54) is 10.4 Å². The first-order valence-corrected chi connectivity index (χ1v) is 10.7. The molecule has 2 aromatic carbocycles. The molecule has 0 atom stereocenters. The van der Waals surface area contributed by atoms with Gasteiger partial charge in [-0.05, 0) is 56.2 Å². The molecule has 8 heteroatoms. The van der Waals surface area contributed by atoms with E-state index in [0.29, 0.717) is 38.3 Å². The fraction of sp³-hybridized carbons (Fsp3) is 0.350. The maximum absolute atomic E-state index is 12.8. The molecule has 1 fully saturated rings. The fourth-order valence-corrected chi connectivity index (χ4v) is 4.66. The Labute approximate surface area is 165 Å². The molecule has 0 bridgehead atoms. The number of nitrogens with one attached hydrogen (secondary N) is 1. The molecule has 1 aliphatic heterocycles. The van der Waals surface area contributed by atoms with E-state index in [2.05, 4.69) is 5.32 Å². The largest absolute Gasteiger partial charge is 0.507 e. The van der Waals surface area contributed by atoms with Crippen LogP contribution < -0.4 is 10.1 Å². The summed E-state index contributed by atoms with van der Waals surface area (Å²) in [7, 11) is -3.58. The van der Waals surface area contributed by atoms with Gasteiger partial charge in [0.05, 0.1) is 17.1 Å². The number of benzene rings is 2. The lowest BCUT2D eigenvalue weighted by molar-refractivity contribution is 0.0921. The highest BCUT2D eigenvalue weighted by atomic mass is 32.2. The number of phenols is 1. The smallest absolute Gasteiger partial charge is 0.255 e. The zero-order chi connectivity index (χ0) is 20.1. The molecule has 28 heavy (non-hydrogen) atoms. The monoisotopic (exact) mass is 404 g/mol. The Balaban J connectivity index is 1.60. The first-order chi connectivity index (χ1) is 13.4. The Kier molecular flexibility index (Phi) is 6.21. The summed E-state index contributed by atoms with van der Waals surface area (Å²) >= 11 is 0. The van der Waals surface area contributed by atoms with E-state index in [-0.39, 0.29) is 28.2 Å². The van der Waals surface area contributed by atoms with Crippen molar-refractivity contribution in [3.05, 3.63) is 54.1 Å². The van der Waals surface area contributed by atoms with Gasteiger partial charge in [0.25, 0.3) is 5.91 Å². The van der Waals surface area contributed by atoms with E-state index >= 15 is 0 Å². The molecule has 1 aliphatic rings. The number of phenolic OH excluding ortho intramolecular Hbond substituents is 1. The summed E-state index contributed by atoms with van der Waals surface area (Å²) in [6.07, 6.45) is 1.02. The van der Waals surface area contributed by atoms with Crippen LogP contribution in [0.4, 0.5) is 0 Å². The van der Waals surface area contributed by atoms with Gasteiger partial charge < -0.3 is 15.2 Å². The molecule has 1 heterocycles. The average Bonchev–Trinajstić information content (AvgIpc) is 2.69. The SMILES string of the molecule is CCOc1ccc(S(=O)(=O)N2CCC(NC(=O)c3ccccc3O)CC2)cc1. The highest BCUT2D eigenvalue weighted by molar-refractivity contribution is 7.89. The molecule has 1 amide bonds. The minimum atomic E-state index is -3.58. The van der Waals surface area contributed by atoms with E-state index in [1.807, 2.05) is 6.92 Å². The molecule has 0 aliphatic carbocycles. The van der Waals surface area contributed by atoms with Crippen LogP contribution in [0.15, 0.2) is 53.4 Å². The summed E-state index contributed by atoms with van der Waals surface area (Å²) in [4.78, 5) is 12.5. The summed E-state index contributed by atoms with van der Waals surface area (Å²) in [6.45, 7) is 3.03. The molecular formula is C20H24N2O5S. The van der Waals surface area contributed by atoms with Crippen molar-refractivity contribution in [2.45, 2.75) is 30.7 Å². The number of aromatic hydroxyl groups is 1. The second-order valence-electron chi connectivity index (χ2n) is 6.57. The van der Waals surface area contributed by atoms with Crippen LogP contribution in [0, 0.1) is 0 Å². The Hall–Kier alpha value is -2.58. The van der Waals surface area contributed by atoms with E-state index in [1.54, 1.807) is 42.5 Å². The summed E-state index contributed by atoms with van der Waals surface area (Å²) < 4.78 is 32.4. The van der Waals surface area contributed by atoms with Gasteiger partial charge in [0, 0.05) is 19.1 Å². The van der Waals surface area contributed by atoms with Gasteiger partial charge in [0.2, 0.25) is 10.0 Å². The summed E-state index contributed by atoms with van der Waals surface area (Å²) in [6, 6.07) is 12.6. The van der Waals surface area contributed by atoms with Gasteiger partial charge in [0.1, 0.15) is 11.5 Å². The second kappa shape index (κ2) is 8.62. The first-order valence-electron chi connectivity index (χ1n) is 9.23. The second-order valence-corrected chi connectivity index (χ2v) is 8.51. The highest BCUT2D eigenvalue weighted by Crippen LogP contribution is 2.23. The van der Waals surface area contributed by atoms with Crippen molar-refractivity contribution in [2.24, 2.45) is 0 Å². The maximum Gasteiger partial charge on any atom is 0.255 e. The fourth-order valence-electron chi connectivity index (χ4n) is 3.19. The number of sulfonamides is 1. The third-order valence-electron chi connectivity index (χ3n) is 4.71. The van der Waals surface area contributed by atoms with Crippen molar-refractivity contribution in [1.29, 1.82) is 0 Å². The third-order valence-corrected chi connectivity index (χ3v) is 6.62. The van der Waals surface area contributed by atoms with E-state index < -0.39 is 10.0 Å². The molecule has 0 unspecified atom stereocenters. The zero-order valence-corrected chi connectivity index (χ0v) is 16.5. The first kappa shape index (κ1) is 20.2. The van der Waals surface area contributed by atoms with Gasteiger partial charge in [-0.15, -0.1) is 0 Å². The Morgan fingerprint density at radius 3 is 2.39 bits per heavy atom. The van der Waals surface area contributed by atoms with Crippen molar-refractivity contribution >= 4 is 15.9 Å². The lowest BCUT2D eigenvalue weighted by Crippen LogP contribution is -2.46. The van der Waals surface area contributed by atoms with Crippen molar-refractivity contribution in [3.8, 4) is 11.5 Å². The quantitative estimate of drug-likeness (QED) is 0.771. The van der Waals surface area contributed by atoms with Crippen LogP contribution in [0.2, 0.25) is 0 Å². The number of ether oxygens (including phenoxy) is 1. The Bertz CT molecular complexity index is 920. The number of carbonyl (C=O) groups is 1. The molecule has 1 saturated heterocycles. The van der Waals surface area contributed by atoms with Gasteiger partial charge in [0.15, 0.2) is 0 Å².